The second-order valence-electron chi connectivity index (χ2n) is 12.8. The fourth-order valence-electron chi connectivity index (χ4n) is 7.11. The van der Waals surface area contributed by atoms with Gasteiger partial charge in [0.1, 0.15) is 0 Å². The lowest BCUT2D eigenvalue weighted by Crippen LogP contribution is -2.47. The number of sulfonamides is 1. The number of fused-ring (bicyclic) bond motifs is 1. The summed E-state index contributed by atoms with van der Waals surface area (Å²) in [5.41, 5.74) is 2.11. The standard InChI is InChI=1S/C32H47F3N6O4S2/c1-3-40(31(42)43)25-10-17-38(18-11-25)15-7-16-41-28-12-19-39(47(2,44)45)23-26(28)30(36-41)24-8-9-27(32(33,34)35)29(22-24)46-21-20-37-13-5-4-6-14-37/h8-9,22,25H,3-7,10-21,23H2,1-2H3,(H,42,43). The summed E-state index contributed by atoms with van der Waals surface area (Å²) >= 11 is 1.22. The van der Waals surface area contributed by atoms with Crippen molar-refractivity contribution in [3.05, 3.63) is 35.0 Å². The maximum atomic E-state index is 14.1. The first-order valence-electron chi connectivity index (χ1n) is 16.7. The molecule has 1 aromatic heterocycles. The van der Waals surface area contributed by atoms with Gasteiger partial charge >= 0.3 is 12.3 Å². The molecule has 0 saturated carbocycles. The Bertz CT molecular complexity index is 1490. The molecule has 0 spiro atoms. The number of aromatic nitrogens is 2. The number of aryl methyl sites for hydroxylation is 1. The second-order valence-corrected chi connectivity index (χ2v) is 15.9. The third kappa shape index (κ3) is 9.02. The number of likely N-dealkylation sites (tertiary alicyclic amines) is 2. The second kappa shape index (κ2) is 15.5. The fraction of sp³-hybridized carbons (Fsp3) is 0.688. The molecule has 3 aliphatic rings. The molecule has 10 nitrogen and oxygen atoms in total. The maximum Gasteiger partial charge on any atom is 0.417 e. The third-order valence-corrected chi connectivity index (χ3v) is 12.0. The molecule has 3 aliphatic heterocycles. The Balaban J connectivity index is 1.33. The van der Waals surface area contributed by atoms with Crippen LogP contribution in [0.2, 0.25) is 0 Å². The summed E-state index contributed by atoms with van der Waals surface area (Å²) < 4.78 is 70.6. The Morgan fingerprint density at radius 2 is 1.74 bits per heavy atom. The summed E-state index contributed by atoms with van der Waals surface area (Å²) in [4.78, 5) is 17.9. The quantitative estimate of drug-likeness (QED) is 0.297. The Kier molecular flexibility index (Phi) is 11.8. The van der Waals surface area contributed by atoms with E-state index in [0.717, 1.165) is 88.7 Å². The zero-order valence-corrected chi connectivity index (χ0v) is 29.0. The lowest BCUT2D eigenvalue weighted by molar-refractivity contribution is -0.139. The molecule has 1 amide bonds. The van der Waals surface area contributed by atoms with Crippen LogP contribution in [0.25, 0.3) is 11.3 Å². The molecule has 15 heteroatoms. The molecule has 4 heterocycles. The molecule has 0 radical (unpaired) electrons. The van der Waals surface area contributed by atoms with E-state index < -0.39 is 27.9 Å². The van der Waals surface area contributed by atoms with Crippen LogP contribution in [0, 0.1) is 0 Å². The van der Waals surface area contributed by atoms with Crippen molar-refractivity contribution in [3.8, 4) is 11.3 Å². The molecule has 2 fully saturated rings. The van der Waals surface area contributed by atoms with Gasteiger partial charge in [0.2, 0.25) is 10.0 Å². The molecule has 1 N–H and O–H groups in total. The highest BCUT2D eigenvalue weighted by Crippen LogP contribution is 2.40. The fourth-order valence-corrected chi connectivity index (χ4v) is 9.01. The van der Waals surface area contributed by atoms with Crippen molar-refractivity contribution in [2.24, 2.45) is 0 Å². The van der Waals surface area contributed by atoms with Gasteiger partial charge in [0.15, 0.2) is 0 Å². The number of carboxylic acid groups (broad SMARTS) is 1. The molecular weight excluding hydrogens is 654 g/mol. The molecule has 1 aromatic carbocycles. The highest BCUT2D eigenvalue weighted by atomic mass is 32.2. The first kappa shape index (κ1) is 36.0. The van der Waals surface area contributed by atoms with Gasteiger partial charge in [-0.1, -0.05) is 12.5 Å². The minimum absolute atomic E-state index is 0.0313. The highest BCUT2D eigenvalue weighted by Gasteiger charge is 2.35. The van der Waals surface area contributed by atoms with Gasteiger partial charge in [0, 0.05) is 85.7 Å². The van der Waals surface area contributed by atoms with E-state index in [4.69, 9.17) is 5.10 Å². The van der Waals surface area contributed by atoms with Crippen LogP contribution in [0.5, 0.6) is 0 Å². The number of alkyl halides is 3. The number of nitrogens with zero attached hydrogens (tertiary/aromatic N) is 6. The van der Waals surface area contributed by atoms with Crippen LogP contribution in [-0.2, 0) is 35.7 Å². The predicted octanol–water partition coefficient (Wildman–Crippen LogP) is 5.32. The molecule has 2 saturated heterocycles. The van der Waals surface area contributed by atoms with E-state index in [1.165, 1.54) is 39.7 Å². The van der Waals surface area contributed by atoms with E-state index in [0.29, 0.717) is 43.1 Å². The molecule has 0 unspecified atom stereocenters. The van der Waals surface area contributed by atoms with Crippen molar-refractivity contribution in [2.45, 2.75) is 82.1 Å². The van der Waals surface area contributed by atoms with Crippen molar-refractivity contribution in [1.82, 2.24) is 28.8 Å². The molecular formula is C32H47F3N6O4S2. The van der Waals surface area contributed by atoms with Gasteiger partial charge in [0.05, 0.1) is 17.5 Å². The van der Waals surface area contributed by atoms with Gasteiger partial charge < -0.3 is 19.8 Å². The number of thioether (sulfide) groups is 1. The lowest BCUT2D eigenvalue weighted by Gasteiger charge is -2.36. The van der Waals surface area contributed by atoms with Gasteiger partial charge in [-0.3, -0.25) is 4.68 Å². The van der Waals surface area contributed by atoms with Crippen molar-refractivity contribution >= 4 is 27.9 Å². The van der Waals surface area contributed by atoms with Gasteiger partial charge in [-0.15, -0.1) is 11.8 Å². The van der Waals surface area contributed by atoms with Crippen LogP contribution < -0.4 is 0 Å². The van der Waals surface area contributed by atoms with Gasteiger partial charge in [-0.2, -0.15) is 22.6 Å². The van der Waals surface area contributed by atoms with Crippen molar-refractivity contribution in [1.29, 1.82) is 0 Å². The monoisotopic (exact) mass is 700 g/mol. The molecule has 47 heavy (non-hydrogen) atoms. The maximum absolute atomic E-state index is 14.1. The summed E-state index contributed by atoms with van der Waals surface area (Å²) in [6.45, 7) is 8.50. The van der Waals surface area contributed by atoms with E-state index in [-0.39, 0.29) is 17.5 Å². The highest BCUT2D eigenvalue weighted by molar-refractivity contribution is 7.99. The van der Waals surface area contributed by atoms with E-state index in [1.807, 2.05) is 11.6 Å². The molecule has 0 bridgehead atoms. The number of hydrogen-bond donors (Lipinski definition) is 1. The Labute approximate surface area is 280 Å². The van der Waals surface area contributed by atoms with Gasteiger partial charge in [0.25, 0.3) is 0 Å². The number of carbonyl (C=O) groups is 1. The van der Waals surface area contributed by atoms with Crippen LogP contribution in [-0.4, -0.2) is 119 Å². The van der Waals surface area contributed by atoms with Gasteiger partial charge in [-0.05, 0) is 70.8 Å². The largest absolute Gasteiger partial charge is 0.465 e. The van der Waals surface area contributed by atoms with Crippen LogP contribution in [0.1, 0.15) is 62.3 Å². The normalized spacial score (nSPS) is 19.2. The zero-order chi connectivity index (χ0) is 33.8. The van der Waals surface area contributed by atoms with Crippen LogP contribution in [0.15, 0.2) is 23.1 Å². The molecule has 262 valence electrons. The average Bonchev–Trinajstić information content (AvgIpc) is 3.39. The van der Waals surface area contributed by atoms with Gasteiger partial charge in [-0.25, -0.2) is 13.2 Å². The van der Waals surface area contributed by atoms with E-state index in [1.54, 1.807) is 6.07 Å². The summed E-state index contributed by atoms with van der Waals surface area (Å²) in [6.07, 6.45) is 2.08. The lowest BCUT2D eigenvalue weighted by atomic mass is 10.0. The van der Waals surface area contributed by atoms with Crippen LogP contribution in [0.4, 0.5) is 18.0 Å². The molecule has 0 aliphatic carbocycles. The molecule has 5 rings (SSSR count). The topological polar surface area (TPSA) is 102 Å². The number of hydrogen-bond acceptors (Lipinski definition) is 7. The smallest absolute Gasteiger partial charge is 0.417 e. The number of halogens is 3. The van der Waals surface area contributed by atoms with Crippen LogP contribution >= 0.6 is 11.8 Å². The minimum Gasteiger partial charge on any atom is -0.465 e. The zero-order valence-electron chi connectivity index (χ0n) is 27.3. The first-order chi connectivity index (χ1) is 22.3. The SMILES string of the molecule is CCN(C(=O)O)C1CCN(CCCn2nc(-c3ccc(C(F)(F)F)c(SCCN4CCCCC4)c3)c3c2CCN(S(C)(=O)=O)C3)CC1. The summed E-state index contributed by atoms with van der Waals surface area (Å²) in [5, 5.41) is 14.4. The van der Waals surface area contributed by atoms with E-state index >= 15 is 0 Å². The third-order valence-electron chi connectivity index (χ3n) is 9.67. The summed E-state index contributed by atoms with van der Waals surface area (Å²) in [6, 6.07) is 4.21. The van der Waals surface area contributed by atoms with E-state index in [9.17, 15) is 31.5 Å². The average molecular weight is 701 g/mol. The van der Waals surface area contributed by atoms with Crippen molar-refractivity contribution < 1.29 is 31.5 Å². The van der Waals surface area contributed by atoms with Crippen molar-refractivity contribution in [2.75, 3.05) is 64.4 Å². The minimum atomic E-state index is -4.49. The summed E-state index contributed by atoms with van der Waals surface area (Å²) in [5.74, 6) is 0.547. The van der Waals surface area contributed by atoms with Crippen molar-refractivity contribution in [3.63, 3.8) is 0 Å². The Morgan fingerprint density at radius 3 is 2.38 bits per heavy atom. The van der Waals surface area contributed by atoms with Crippen LogP contribution in [0.3, 0.4) is 0 Å². The number of amides is 1. The Morgan fingerprint density at radius 1 is 1.04 bits per heavy atom. The van der Waals surface area contributed by atoms with E-state index in [2.05, 4.69) is 9.80 Å². The molecule has 0 atom stereocenters. The first-order valence-corrected chi connectivity index (χ1v) is 19.5. The molecule has 2 aromatic rings. The number of rotatable bonds is 12. The number of benzene rings is 1. The Hall–Kier alpha value is -2.33. The number of piperidine rings is 2. The summed E-state index contributed by atoms with van der Waals surface area (Å²) in [7, 11) is -3.47. The predicted molar refractivity (Wildman–Crippen MR) is 177 cm³/mol.